The number of hydrogen-bond acceptors (Lipinski definition) is 5. The summed E-state index contributed by atoms with van der Waals surface area (Å²) in [7, 11) is 0. The normalized spacial score (nSPS) is 13.5. The van der Waals surface area contributed by atoms with Crippen LogP contribution in [0.4, 0.5) is 5.82 Å². The van der Waals surface area contributed by atoms with Gasteiger partial charge < -0.3 is 16.5 Å². The molecule has 0 saturated carbocycles. The minimum absolute atomic E-state index is 0.189. The number of nitrogens with one attached hydrogen (secondary N) is 1. The minimum atomic E-state index is 0.189. The number of anilines is 1. The third kappa shape index (κ3) is 1.71. The molecule has 16 heavy (non-hydrogen) atoms. The van der Waals surface area contributed by atoms with Crippen molar-refractivity contribution in [2.24, 2.45) is 11.7 Å². The zero-order chi connectivity index (χ0) is 11.7. The van der Waals surface area contributed by atoms with E-state index >= 15 is 0 Å². The lowest BCUT2D eigenvalue weighted by atomic mass is 9.95. The molecule has 0 bridgehead atoms. The maximum absolute atomic E-state index is 5.74. The van der Waals surface area contributed by atoms with Gasteiger partial charge in [0.15, 0.2) is 11.5 Å². The highest BCUT2D eigenvalue weighted by Gasteiger charge is 2.19. The van der Waals surface area contributed by atoms with E-state index in [0.29, 0.717) is 29.4 Å². The van der Waals surface area contributed by atoms with Crippen molar-refractivity contribution in [2.45, 2.75) is 19.8 Å². The van der Waals surface area contributed by atoms with E-state index in [9.17, 15) is 0 Å². The molecule has 1 atom stereocenters. The summed E-state index contributed by atoms with van der Waals surface area (Å²) in [5.74, 6) is 1.86. The van der Waals surface area contributed by atoms with Gasteiger partial charge in [0.25, 0.3) is 0 Å². The van der Waals surface area contributed by atoms with E-state index in [1.165, 1.54) is 6.33 Å². The van der Waals surface area contributed by atoms with Gasteiger partial charge in [0.05, 0.1) is 0 Å². The summed E-state index contributed by atoms with van der Waals surface area (Å²) in [6.07, 6.45) is 1.41. The summed E-state index contributed by atoms with van der Waals surface area (Å²) in [5, 5.41) is 0. The van der Waals surface area contributed by atoms with Crippen molar-refractivity contribution in [3.63, 3.8) is 0 Å². The summed E-state index contributed by atoms with van der Waals surface area (Å²) in [6, 6.07) is 0. The van der Waals surface area contributed by atoms with E-state index in [1.807, 2.05) is 0 Å². The first kappa shape index (κ1) is 10.8. The number of nitrogen functional groups attached to an aromatic ring is 1. The quantitative estimate of drug-likeness (QED) is 0.703. The highest BCUT2D eigenvalue weighted by molar-refractivity contribution is 5.81. The van der Waals surface area contributed by atoms with E-state index < -0.39 is 0 Å². The molecular formula is C10H16N6. The fourth-order valence-corrected chi connectivity index (χ4v) is 1.74. The maximum Gasteiger partial charge on any atom is 0.183 e. The van der Waals surface area contributed by atoms with E-state index in [0.717, 1.165) is 5.82 Å². The van der Waals surface area contributed by atoms with Crippen molar-refractivity contribution in [1.29, 1.82) is 0 Å². The molecule has 2 heterocycles. The predicted molar refractivity (Wildman–Crippen MR) is 62.7 cm³/mol. The Bertz CT molecular complexity index is 489. The number of H-pyrrole nitrogens is 1. The topological polar surface area (TPSA) is 106 Å². The Balaban J connectivity index is 2.50. The average molecular weight is 220 g/mol. The lowest BCUT2D eigenvalue weighted by molar-refractivity contribution is 0.488. The van der Waals surface area contributed by atoms with Crippen LogP contribution in [0.1, 0.15) is 25.6 Å². The van der Waals surface area contributed by atoms with Gasteiger partial charge in [0, 0.05) is 12.5 Å². The highest BCUT2D eigenvalue weighted by Crippen LogP contribution is 2.23. The molecule has 0 aliphatic rings. The summed E-state index contributed by atoms with van der Waals surface area (Å²) in [4.78, 5) is 15.5. The SMILES string of the molecule is CC(C)C(CN)c1nc2ncnc(N)c2[nH]1. The Morgan fingerprint density at radius 2 is 2.12 bits per heavy atom. The summed E-state index contributed by atoms with van der Waals surface area (Å²) in [5.41, 5.74) is 12.8. The number of imidazole rings is 1. The van der Waals surface area contributed by atoms with Crippen LogP contribution in [-0.2, 0) is 0 Å². The van der Waals surface area contributed by atoms with Crippen molar-refractivity contribution in [3.8, 4) is 0 Å². The molecule has 0 aromatic carbocycles. The van der Waals surface area contributed by atoms with Gasteiger partial charge in [-0.1, -0.05) is 13.8 Å². The zero-order valence-electron chi connectivity index (χ0n) is 9.44. The van der Waals surface area contributed by atoms with Crippen LogP contribution in [0.5, 0.6) is 0 Å². The van der Waals surface area contributed by atoms with Crippen LogP contribution in [0.2, 0.25) is 0 Å². The molecule has 0 amide bonds. The van der Waals surface area contributed by atoms with Crippen molar-refractivity contribution in [2.75, 3.05) is 12.3 Å². The Labute approximate surface area is 93.5 Å². The van der Waals surface area contributed by atoms with Crippen molar-refractivity contribution in [1.82, 2.24) is 19.9 Å². The lowest BCUT2D eigenvalue weighted by Crippen LogP contribution is -2.19. The minimum Gasteiger partial charge on any atom is -0.382 e. The third-order valence-corrected chi connectivity index (χ3v) is 2.75. The molecule has 0 aliphatic heterocycles. The standard InChI is InChI=1S/C10H16N6/c1-5(2)6(3-11)9-15-7-8(12)13-4-14-10(7)16-9/h4-6H,3,11H2,1-2H3,(H3,12,13,14,15,16). The number of nitrogens with two attached hydrogens (primary N) is 2. The number of aromatic amines is 1. The largest absolute Gasteiger partial charge is 0.382 e. The smallest absolute Gasteiger partial charge is 0.183 e. The molecular weight excluding hydrogens is 204 g/mol. The van der Waals surface area contributed by atoms with Crippen molar-refractivity contribution >= 4 is 17.0 Å². The molecule has 1 unspecified atom stereocenters. The van der Waals surface area contributed by atoms with Gasteiger partial charge in [-0.3, -0.25) is 0 Å². The molecule has 0 aliphatic carbocycles. The van der Waals surface area contributed by atoms with Gasteiger partial charge in [-0.05, 0) is 5.92 Å². The van der Waals surface area contributed by atoms with E-state index in [4.69, 9.17) is 11.5 Å². The molecule has 0 fully saturated rings. The van der Waals surface area contributed by atoms with Crippen LogP contribution in [0.3, 0.4) is 0 Å². The first-order valence-electron chi connectivity index (χ1n) is 5.29. The van der Waals surface area contributed by atoms with E-state index in [2.05, 4.69) is 33.8 Å². The van der Waals surface area contributed by atoms with Crippen LogP contribution in [0.25, 0.3) is 11.2 Å². The molecule has 6 heteroatoms. The fraction of sp³-hybridized carbons (Fsp3) is 0.500. The lowest BCUT2D eigenvalue weighted by Gasteiger charge is -2.15. The molecule has 6 nitrogen and oxygen atoms in total. The van der Waals surface area contributed by atoms with Crippen LogP contribution in [0.15, 0.2) is 6.33 Å². The second-order valence-corrected chi connectivity index (χ2v) is 4.17. The zero-order valence-corrected chi connectivity index (χ0v) is 9.44. The van der Waals surface area contributed by atoms with Gasteiger partial charge in [-0.15, -0.1) is 0 Å². The Morgan fingerprint density at radius 1 is 1.38 bits per heavy atom. The summed E-state index contributed by atoms with van der Waals surface area (Å²) < 4.78 is 0. The summed E-state index contributed by atoms with van der Waals surface area (Å²) in [6.45, 7) is 4.77. The number of nitrogens with zero attached hydrogens (tertiary/aromatic N) is 3. The molecule has 0 spiro atoms. The Hall–Kier alpha value is -1.69. The molecule has 2 aromatic rings. The van der Waals surface area contributed by atoms with Crippen molar-refractivity contribution < 1.29 is 0 Å². The predicted octanol–water partition coefficient (Wildman–Crippen LogP) is 0.633. The van der Waals surface area contributed by atoms with E-state index in [-0.39, 0.29) is 5.92 Å². The van der Waals surface area contributed by atoms with Gasteiger partial charge in [0.1, 0.15) is 17.7 Å². The number of rotatable bonds is 3. The Morgan fingerprint density at radius 3 is 2.69 bits per heavy atom. The number of aromatic nitrogens is 4. The number of hydrogen-bond donors (Lipinski definition) is 3. The molecule has 2 aromatic heterocycles. The molecule has 5 N–H and O–H groups in total. The Kier molecular flexibility index (Phi) is 2.74. The number of fused-ring (bicyclic) bond motifs is 1. The second-order valence-electron chi connectivity index (χ2n) is 4.17. The molecule has 86 valence electrons. The van der Waals surface area contributed by atoms with Gasteiger partial charge >= 0.3 is 0 Å². The molecule has 0 saturated heterocycles. The molecule has 2 rings (SSSR count). The maximum atomic E-state index is 5.74. The van der Waals surface area contributed by atoms with Crippen LogP contribution in [-0.4, -0.2) is 26.5 Å². The fourth-order valence-electron chi connectivity index (χ4n) is 1.74. The second kappa shape index (κ2) is 4.05. The first-order chi connectivity index (χ1) is 7.63. The van der Waals surface area contributed by atoms with Crippen LogP contribution < -0.4 is 11.5 Å². The first-order valence-corrected chi connectivity index (χ1v) is 5.29. The van der Waals surface area contributed by atoms with E-state index in [1.54, 1.807) is 0 Å². The van der Waals surface area contributed by atoms with Crippen molar-refractivity contribution in [3.05, 3.63) is 12.2 Å². The van der Waals surface area contributed by atoms with Gasteiger partial charge in [-0.25, -0.2) is 15.0 Å². The average Bonchev–Trinajstić information content (AvgIpc) is 2.63. The monoisotopic (exact) mass is 220 g/mol. The van der Waals surface area contributed by atoms with Gasteiger partial charge in [-0.2, -0.15) is 0 Å². The third-order valence-electron chi connectivity index (χ3n) is 2.75. The highest BCUT2D eigenvalue weighted by atomic mass is 15.1. The summed E-state index contributed by atoms with van der Waals surface area (Å²) >= 11 is 0. The van der Waals surface area contributed by atoms with Crippen LogP contribution >= 0.6 is 0 Å². The van der Waals surface area contributed by atoms with Gasteiger partial charge in [0.2, 0.25) is 0 Å². The van der Waals surface area contributed by atoms with Crippen LogP contribution in [0, 0.1) is 5.92 Å². The molecule has 0 radical (unpaired) electrons.